The highest BCUT2D eigenvalue weighted by Gasteiger charge is 2.46. The van der Waals surface area contributed by atoms with E-state index in [2.05, 4.69) is 0 Å². The smallest absolute Gasteiger partial charge is 0.312 e. The summed E-state index contributed by atoms with van der Waals surface area (Å²) in [5.74, 6) is -0.0535. The van der Waals surface area contributed by atoms with Gasteiger partial charge in [0.05, 0.1) is 39.0 Å². The largest absolute Gasteiger partial charge is 0.493 e. The van der Waals surface area contributed by atoms with Crippen LogP contribution < -0.4 is 18.9 Å². The molecule has 2 aliphatic heterocycles. The molecule has 2 aliphatic rings. The van der Waals surface area contributed by atoms with Crippen molar-refractivity contribution in [3.05, 3.63) is 47.5 Å². The van der Waals surface area contributed by atoms with Gasteiger partial charge in [-0.05, 0) is 35.4 Å². The fourth-order valence-electron chi connectivity index (χ4n) is 3.79. The van der Waals surface area contributed by atoms with Crippen molar-refractivity contribution in [1.82, 2.24) is 0 Å². The summed E-state index contributed by atoms with van der Waals surface area (Å²) >= 11 is 0. The van der Waals surface area contributed by atoms with Gasteiger partial charge in [0.1, 0.15) is 0 Å². The number of aliphatic hydroxyl groups excluding tert-OH is 2. The van der Waals surface area contributed by atoms with Gasteiger partial charge in [0.25, 0.3) is 0 Å². The Kier molecular flexibility index (Phi) is 5.21. The number of carbonyl (C=O) groups excluding carboxylic acids is 1. The number of ether oxygens (including phenoxy) is 5. The molecule has 154 valence electrons. The number of rotatable bonds is 6. The first-order valence-corrected chi connectivity index (χ1v) is 9.17. The van der Waals surface area contributed by atoms with E-state index in [-0.39, 0.29) is 13.4 Å². The molecule has 0 aromatic heterocycles. The summed E-state index contributed by atoms with van der Waals surface area (Å²) in [6, 6.07) is 10.0. The van der Waals surface area contributed by atoms with Crippen LogP contribution in [0.4, 0.5) is 0 Å². The summed E-state index contributed by atoms with van der Waals surface area (Å²) in [4.78, 5) is 12.4. The maximum absolute atomic E-state index is 12.4. The summed E-state index contributed by atoms with van der Waals surface area (Å²) in [5.41, 5.74) is 1.02. The van der Waals surface area contributed by atoms with Gasteiger partial charge >= 0.3 is 5.97 Å². The molecule has 0 aliphatic carbocycles. The second-order valence-corrected chi connectivity index (χ2v) is 6.94. The van der Waals surface area contributed by atoms with Crippen LogP contribution in [0.3, 0.4) is 0 Å². The van der Waals surface area contributed by atoms with Gasteiger partial charge in [0, 0.05) is 5.92 Å². The molecule has 29 heavy (non-hydrogen) atoms. The van der Waals surface area contributed by atoms with Gasteiger partial charge in [0.15, 0.2) is 23.0 Å². The number of carbonyl (C=O) groups is 1. The number of fused-ring (bicyclic) bond motifs is 1. The number of aliphatic hydroxyl groups is 2. The first kappa shape index (κ1) is 19.4. The van der Waals surface area contributed by atoms with E-state index in [0.29, 0.717) is 34.1 Å². The maximum Gasteiger partial charge on any atom is 0.312 e. The molecule has 0 bridgehead atoms. The molecule has 8 heteroatoms. The van der Waals surface area contributed by atoms with Crippen molar-refractivity contribution in [1.29, 1.82) is 0 Å². The molecular formula is C21H22O8. The molecule has 8 nitrogen and oxygen atoms in total. The van der Waals surface area contributed by atoms with Gasteiger partial charge in [0.2, 0.25) is 6.79 Å². The zero-order valence-corrected chi connectivity index (χ0v) is 16.0. The van der Waals surface area contributed by atoms with Crippen LogP contribution >= 0.6 is 0 Å². The van der Waals surface area contributed by atoms with E-state index < -0.39 is 30.0 Å². The Bertz CT molecular complexity index is 912. The molecule has 1 saturated heterocycles. The molecule has 4 rings (SSSR count). The first-order valence-electron chi connectivity index (χ1n) is 9.17. The number of esters is 1. The highest BCUT2D eigenvalue weighted by Crippen LogP contribution is 2.44. The summed E-state index contributed by atoms with van der Waals surface area (Å²) in [5, 5.41) is 21.9. The molecule has 2 heterocycles. The van der Waals surface area contributed by atoms with E-state index >= 15 is 0 Å². The van der Waals surface area contributed by atoms with E-state index in [4.69, 9.17) is 23.7 Å². The van der Waals surface area contributed by atoms with Crippen LogP contribution in [0.25, 0.3) is 0 Å². The second kappa shape index (κ2) is 7.81. The third kappa shape index (κ3) is 3.45. The molecule has 1 fully saturated rings. The van der Waals surface area contributed by atoms with Gasteiger partial charge in [-0.1, -0.05) is 12.1 Å². The standard InChI is InChI=1S/C21H22O8/c1-25-14-5-3-11(7-16(14)26-2)19(22)13-9-27-21(24)18(13)20(23)12-4-6-15-17(8-12)29-10-28-15/h3-8,13,18-20,22-23H,9-10H2,1-2H3/t13-,18-,19+,20+/m0/s1. The Morgan fingerprint density at radius 2 is 1.59 bits per heavy atom. The average molecular weight is 402 g/mol. The monoisotopic (exact) mass is 402 g/mol. The molecule has 4 atom stereocenters. The van der Waals surface area contributed by atoms with Crippen molar-refractivity contribution in [2.75, 3.05) is 27.6 Å². The molecule has 0 amide bonds. The molecule has 0 unspecified atom stereocenters. The number of benzene rings is 2. The topological polar surface area (TPSA) is 104 Å². The lowest BCUT2D eigenvalue weighted by molar-refractivity contribution is -0.144. The number of hydrogen-bond acceptors (Lipinski definition) is 8. The number of methoxy groups -OCH3 is 2. The van der Waals surface area contributed by atoms with E-state index in [1.54, 1.807) is 36.4 Å². The minimum Gasteiger partial charge on any atom is -0.493 e. The zero-order valence-electron chi connectivity index (χ0n) is 16.0. The minimum atomic E-state index is -1.17. The van der Waals surface area contributed by atoms with Gasteiger partial charge in [-0.15, -0.1) is 0 Å². The minimum absolute atomic E-state index is 0.000618. The second-order valence-electron chi connectivity index (χ2n) is 6.94. The fourth-order valence-corrected chi connectivity index (χ4v) is 3.79. The zero-order chi connectivity index (χ0) is 20.5. The van der Waals surface area contributed by atoms with Gasteiger partial charge in [-0.3, -0.25) is 4.79 Å². The maximum atomic E-state index is 12.4. The lowest BCUT2D eigenvalue weighted by atomic mass is 9.81. The van der Waals surface area contributed by atoms with Gasteiger partial charge in [-0.2, -0.15) is 0 Å². The van der Waals surface area contributed by atoms with Crippen LogP contribution in [0, 0.1) is 11.8 Å². The summed E-state index contributed by atoms with van der Waals surface area (Å²) in [6.45, 7) is 0.113. The van der Waals surface area contributed by atoms with Crippen molar-refractivity contribution >= 4 is 5.97 Å². The average Bonchev–Trinajstić information content (AvgIpc) is 3.37. The number of cyclic esters (lactones) is 1. The van der Waals surface area contributed by atoms with Crippen molar-refractivity contribution in [2.24, 2.45) is 11.8 Å². The molecule has 2 aromatic rings. The molecular weight excluding hydrogens is 380 g/mol. The van der Waals surface area contributed by atoms with E-state index in [1.165, 1.54) is 14.2 Å². The van der Waals surface area contributed by atoms with Crippen LogP contribution in [-0.4, -0.2) is 43.8 Å². The molecule has 0 spiro atoms. The third-order valence-corrected chi connectivity index (χ3v) is 5.38. The highest BCUT2D eigenvalue weighted by molar-refractivity contribution is 5.76. The van der Waals surface area contributed by atoms with Gasteiger partial charge in [-0.25, -0.2) is 0 Å². The first-order chi connectivity index (χ1) is 14.0. The van der Waals surface area contributed by atoms with Gasteiger partial charge < -0.3 is 33.9 Å². The fraction of sp³-hybridized carbons (Fsp3) is 0.381. The Labute approximate surface area is 167 Å². The Hall–Kier alpha value is -2.97. The van der Waals surface area contributed by atoms with Crippen molar-refractivity contribution in [2.45, 2.75) is 12.2 Å². The Morgan fingerprint density at radius 1 is 0.897 bits per heavy atom. The number of hydrogen-bond donors (Lipinski definition) is 2. The van der Waals surface area contributed by atoms with Crippen molar-refractivity contribution in [3.8, 4) is 23.0 Å². The van der Waals surface area contributed by atoms with E-state index in [0.717, 1.165) is 0 Å². The van der Waals surface area contributed by atoms with Crippen LogP contribution in [0.2, 0.25) is 0 Å². The predicted molar refractivity (Wildman–Crippen MR) is 100.0 cm³/mol. The SMILES string of the molecule is COc1ccc([C@@H](O)[C@H]2COC(=O)[C@@H]2[C@H](O)c2ccc3c(c2)OCO3)cc1OC. The van der Waals surface area contributed by atoms with Crippen LogP contribution in [-0.2, 0) is 9.53 Å². The van der Waals surface area contributed by atoms with Crippen LogP contribution in [0.1, 0.15) is 23.3 Å². The van der Waals surface area contributed by atoms with Crippen LogP contribution in [0.15, 0.2) is 36.4 Å². The Balaban J connectivity index is 1.61. The van der Waals surface area contributed by atoms with E-state index in [9.17, 15) is 15.0 Å². The lowest BCUT2D eigenvalue weighted by Gasteiger charge is -2.25. The quantitative estimate of drug-likeness (QED) is 0.707. The lowest BCUT2D eigenvalue weighted by Crippen LogP contribution is -2.28. The van der Waals surface area contributed by atoms with Crippen LogP contribution in [0.5, 0.6) is 23.0 Å². The molecule has 2 N–H and O–H groups in total. The summed E-state index contributed by atoms with van der Waals surface area (Å²) in [6.07, 6.45) is -2.21. The van der Waals surface area contributed by atoms with Crippen molar-refractivity contribution in [3.63, 3.8) is 0 Å². The van der Waals surface area contributed by atoms with E-state index in [1.807, 2.05) is 0 Å². The summed E-state index contributed by atoms with van der Waals surface area (Å²) in [7, 11) is 3.03. The summed E-state index contributed by atoms with van der Waals surface area (Å²) < 4.78 is 26.3. The normalized spacial score (nSPS) is 22.1. The molecule has 0 saturated carbocycles. The van der Waals surface area contributed by atoms with Crippen molar-refractivity contribution < 1.29 is 38.7 Å². The molecule has 0 radical (unpaired) electrons. The third-order valence-electron chi connectivity index (χ3n) is 5.38. The Morgan fingerprint density at radius 3 is 2.34 bits per heavy atom. The molecule has 2 aromatic carbocycles. The predicted octanol–water partition coefficient (Wildman–Crippen LogP) is 1.99. The highest BCUT2D eigenvalue weighted by atomic mass is 16.7.